The zero-order valence-electron chi connectivity index (χ0n) is 12.5. The molecule has 124 valence electrons. The highest BCUT2D eigenvalue weighted by molar-refractivity contribution is 7.99. The molecule has 23 heavy (non-hydrogen) atoms. The monoisotopic (exact) mass is 356 g/mol. The Morgan fingerprint density at radius 1 is 1.30 bits per heavy atom. The molecule has 11 heteroatoms. The van der Waals surface area contributed by atoms with Gasteiger partial charge in [-0.05, 0) is 6.07 Å². The molecule has 0 N–H and O–H groups in total. The maximum absolute atomic E-state index is 12.2. The molecule has 0 spiro atoms. The van der Waals surface area contributed by atoms with Crippen molar-refractivity contribution >= 4 is 33.5 Å². The van der Waals surface area contributed by atoms with E-state index in [9.17, 15) is 13.2 Å². The predicted molar refractivity (Wildman–Crippen MR) is 84.5 cm³/mol. The molecule has 0 aromatic carbocycles. The van der Waals surface area contributed by atoms with Crippen molar-refractivity contribution in [1.82, 2.24) is 28.8 Å². The number of rotatable bonds is 4. The minimum atomic E-state index is -3.18. The molecule has 3 rings (SSSR count). The molecule has 0 bridgehead atoms. The molecule has 1 aliphatic rings. The Labute approximate surface area is 137 Å². The first-order chi connectivity index (χ1) is 10.9. The molecule has 0 atom stereocenters. The van der Waals surface area contributed by atoms with Crippen LogP contribution in [0.25, 0.3) is 5.78 Å². The van der Waals surface area contributed by atoms with E-state index in [1.807, 2.05) is 0 Å². The van der Waals surface area contributed by atoms with Crippen molar-refractivity contribution in [3.8, 4) is 0 Å². The number of piperazine rings is 1. The topological polar surface area (TPSA) is 101 Å². The molecule has 0 unspecified atom stereocenters. The third-order valence-electron chi connectivity index (χ3n) is 3.48. The van der Waals surface area contributed by atoms with Crippen molar-refractivity contribution in [3.63, 3.8) is 0 Å². The Balaban J connectivity index is 1.54. The van der Waals surface area contributed by atoms with Crippen molar-refractivity contribution in [2.45, 2.75) is 5.16 Å². The lowest BCUT2D eigenvalue weighted by Crippen LogP contribution is -2.50. The number of carbonyl (C=O) groups is 1. The summed E-state index contributed by atoms with van der Waals surface area (Å²) in [4.78, 5) is 22.2. The second-order valence-electron chi connectivity index (χ2n) is 5.09. The lowest BCUT2D eigenvalue weighted by atomic mass is 10.3. The molecule has 0 saturated carbocycles. The van der Waals surface area contributed by atoms with Crippen LogP contribution in [0.15, 0.2) is 23.6 Å². The predicted octanol–water partition coefficient (Wildman–Crippen LogP) is -0.680. The maximum Gasteiger partial charge on any atom is 0.253 e. The number of sulfonamides is 1. The number of hydrogen-bond acceptors (Lipinski definition) is 7. The lowest BCUT2D eigenvalue weighted by molar-refractivity contribution is -0.129. The van der Waals surface area contributed by atoms with Crippen molar-refractivity contribution in [1.29, 1.82) is 0 Å². The van der Waals surface area contributed by atoms with E-state index in [2.05, 4.69) is 15.1 Å². The van der Waals surface area contributed by atoms with Crippen molar-refractivity contribution in [3.05, 3.63) is 18.5 Å². The van der Waals surface area contributed by atoms with E-state index in [1.165, 1.54) is 22.3 Å². The fourth-order valence-corrected chi connectivity index (χ4v) is 3.82. The van der Waals surface area contributed by atoms with Gasteiger partial charge in [0.25, 0.3) is 5.78 Å². The Morgan fingerprint density at radius 3 is 2.70 bits per heavy atom. The highest BCUT2D eigenvalue weighted by Crippen LogP contribution is 2.15. The van der Waals surface area contributed by atoms with Crippen LogP contribution < -0.4 is 0 Å². The van der Waals surface area contributed by atoms with Gasteiger partial charge in [-0.3, -0.25) is 4.79 Å². The van der Waals surface area contributed by atoms with E-state index in [0.29, 0.717) is 37.1 Å². The molecular weight excluding hydrogens is 340 g/mol. The third kappa shape index (κ3) is 3.79. The Morgan fingerprint density at radius 2 is 2.04 bits per heavy atom. The zero-order valence-corrected chi connectivity index (χ0v) is 14.1. The van der Waals surface area contributed by atoms with Crippen LogP contribution in [0, 0.1) is 0 Å². The molecule has 3 heterocycles. The van der Waals surface area contributed by atoms with Crippen LogP contribution >= 0.6 is 11.8 Å². The van der Waals surface area contributed by atoms with Crippen LogP contribution in [-0.4, -0.2) is 81.3 Å². The fraction of sp³-hybridized carbons (Fsp3) is 0.500. The molecule has 1 fully saturated rings. The van der Waals surface area contributed by atoms with Gasteiger partial charge in [-0.2, -0.15) is 9.29 Å². The first kappa shape index (κ1) is 16.1. The fourth-order valence-electron chi connectivity index (χ4n) is 2.26. The minimum Gasteiger partial charge on any atom is -0.339 e. The number of aromatic nitrogens is 4. The average molecular weight is 356 g/mol. The van der Waals surface area contributed by atoms with E-state index in [0.717, 1.165) is 0 Å². The molecule has 2 aromatic heterocycles. The molecule has 9 nitrogen and oxygen atoms in total. The van der Waals surface area contributed by atoms with Crippen LogP contribution in [0.1, 0.15) is 0 Å². The summed E-state index contributed by atoms with van der Waals surface area (Å²) in [5.74, 6) is 0.662. The molecule has 1 aliphatic heterocycles. The number of nitrogens with zero attached hydrogens (tertiary/aromatic N) is 6. The average Bonchev–Trinajstić information content (AvgIpc) is 2.95. The highest BCUT2D eigenvalue weighted by atomic mass is 32.2. The van der Waals surface area contributed by atoms with E-state index in [1.54, 1.807) is 27.9 Å². The Hall–Kier alpha value is -1.72. The van der Waals surface area contributed by atoms with Gasteiger partial charge in [-0.15, -0.1) is 5.10 Å². The number of carbonyl (C=O) groups excluding carboxylic acids is 1. The van der Waals surface area contributed by atoms with Crippen LogP contribution in [0.4, 0.5) is 0 Å². The summed E-state index contributed by atoms with van der Waals surface area (Å²) >= 11 is 1.25. The van der Waals surface area contributed by atoms with E-state index >= 15 is 0 Å². The smallest absolute Gasteiger partial charge is 0.253 e. The SMILES string of the molecule is CS(=O)(=O)N1CCN(C(=O)CSc2nc3ncccn3n2)CC1. The third-order valence-corrected chi connectivity index (χ3v) is 5.61. The maximum atomic E-state index is 12.2. The standard InChI is InChI=1S/C12H16N6O3S2/c1-23(20,21)17-7-5-16(6-8-17)10(19)9-22-12-14-11-13-3-2-4-18(11)15-12/h2-4H,5-9H2,1H3. The zero-order chi connectivity index (χ0) is 16.4. The summed E-state index contributed by atoms with van der Waals surface area (Å²) < 4.78 is 25.8. The van der Waals surface area contributed by atoms with Crippen molar-refractivity contribution in [2.75, 3.05) is 38.2 Å². The van der Waals surface area contributed by atoms with Gasteiger partial charge < -0.3 is 4.90 Å². The van der Waals surface area contributed by atoms with Gasteiger partial charge in [0.1, 0.15) is 0 Å². The van der Waals surface area contributed by atoms with Crippen molar-refractivity contribution < 1.29 is 13.2 Å². The minimum absolute atomic E-state index is 0.0463. The normalized spacial score (nSPS) is 16.8. The van der Waals surface area contributed by atoms with E-state index in [-0.39, 0.29) is 11.7 Å². The molecule has 2 aromatic rings. The van der Waals surface area contributed by atoms with Gasteiger partial charge in [0.15, 0.2) is 0 Å². The number of amides is 1. The summed E-state index contributed by atoms with van der Waals surface area (Å²) in [6, 6.07) is 1.75. The summed E-state index contributed by atoms with van der Waals surface area (Å²) in [7, 11) is -3.18. The first-order valence-electron chi connectivity index (χ1n) is 6.96. The van der Waals surface area contributed by atoms with Crippen LogP contribution in [-0.2, 0) is 14.8 Å². The van der Waals surface area contributed by atoms with Crippen LogP contribution in [0.2, 0.25) is 0 Å². The molecule has 0 radical (unpaired) electrons. The first-order valence-corrected chi connectivity index (χ1v) is 9.80. The van der Waals surface area contributed by atoms with Gasteiger partial charge in [0.05, 0.1) is 12.0 Å². The summed E-state index contributed by atoms with van der Waals surface area (Å²) in [6.07, 6.45) is 4.56. The van der Waals surface area contributed by atoms with Gasteiger partial charge in [0.2, 0.25) is 21.1 Å². The van der Waals surface area contributed by atoms with Crippen LogP contribution in [0.3, 0.4) is 0 Å². The Kier molecular flexibility index (Phi) is 4.50. The van der Waals surface area contributed by atoms with E-state index < -0.39 is 10.0 Å². The molecule has 1 saturated heterocycles. The molecule has 1 amide bonds. The van der Waals surface area contributed by atoms with Gasteiger partial charge >= 0.3 is 0 Å². The number of thioether (sulfide) groups is 1. The quantitative estimate of drug-likeness (QED) is 0.669. The van der Waals surface area contributed by atoms with Gasteiger partial charge in [-0.25, -0.2) is 17.9 Å². The van der Waals surface area contributed by atoms with Gasteiger partial charge in [0, 0.05) is 38.6 Å². The number of hydrogen-bond donors (Lipinski definition) is 0. The highest BCUT2D eigenvalue weighted by Gasteiger charge is 2.26. The Bertz CT molecular complexity index is 780. The largest absolute Gasteiger partial charge is 0.339 e. The second kappa shape index (κ2) is 6.42. The van der Waals surface area contributed by atoms with Gasteiger partial charge in [-0.1, -0.05) is 11.8 Å². The van der Waals surface area contributed by atoms with E-state index in [4.69, 9.17) is 0 Å². The second-order valence-corrected chi connectivity index (χ2v) is 8.02. The summed E-state index contributed by atoms with van der Waals surface area (Å²) in [6.45, 7) is 1.50. The molecule has 0 aliphatic carbocycles. The lowest BCUT2D eigenvalue weighted by Gasteiger charge is -2.33. The molecular formula is C12H16N6O3S2. The summed E-state index contributed by atoms with van der Waals surface area (Å²) in [5.41, 5.74) is 0. The van der Waals surface area contributed by atoms with Crippen LogP contribution in [0.5, 0.6) is 0 Å². The summed E-state index contributed by atoms with van der Waals surface area (Å²) in [5, 5.41) is 4.71. The number of fused-ring (bicyclic) bond motifs is 1. The van der Waals surface area contributed by atoms with Crippen molar-refractivity contribution in [2.24, 2.45) is 0 Å².